The van der Waals surface area contributed by atoms with Gasteiger partial charge in [0.05, 0.1) is 19.6 Å². The maximum absolute atomic E-state index is 13.3. The van der Waals surface area contributed by atoms with Crippen molar-refractivity contribution >= 4 is 32.7 Å². The van der Waals surface area contributed by atoms with Gasteiger partial charge in [-0.1, -0.05) is 34.1 Å². The summed E-state index contributed by atoms with van der Waals surface area (Å²) < 4.78 is 23.5. The molecule has 1 aromatic heterocycles. The lowest BCUT2D eigenvalue weighted by atomic mass is 10.1. The molecule has 0 N–H and O–H groups in total. The molecule has 0 aliphatic carbocycles. The lowest BCUT2D eigenvalue weighted by Gasteiger charge is -2.13. The van der Waals surface area contributed by atoms with E-state index in [1.165, 1.54) is 7.11 Å². The Morgan fingerprint density at radius 1 is 0.939 bits per heavy atom. The molecule has 0 aliphatic heterocycles. The van der Waals surface area contributed by atoms with Crippen LogP contribution >= 0.6 is 15.9 Å². The summed E-state index contributed by atoms with van der Waals surface area (Å²) in [4.78, 5) is 26.0. The monoisotopic (exact) mass is 508 g/mol. The van der Waals surface area contributed by atoms with Gasteiger partial charge in [-0.05, 0) is 55.0 Å². The molecule has 3 aromatic carbocycles. The van der Waals surface area contributed by atoms with Crippen LogP contribution in [0, 0.1) is 6.92 Å². The van der Waals surface area contributed by atoms with E-state index in [9.17, 15) is 9.59 Å². The van der Waals surface area contributed by atoms with Gasteiger partial charge in [0.1, 0.15) is 5.58 Å². The largest absolute Gasteiger partial charge is 0.493 e. The first-order valence-corrected chi connectivity index (χ1v) is 10.9. The standard InChI is InChI=1S/C26H21BrO6/c1-15-4-10-19-22(12-15)33-25(17-7-11-21(30-2)23(13-17)31-3)26(24(19)29)32-14-20(28)16-5-8-18(27)9-6-16/h4-13H,14H2,1-3H3. The molecule has 0 aliphatic rings. The smallest absolute Gasteiger partial charge is 0.235 e. The van der Waals surface area contributed by atoms with Crippen molar-refractivity contribution in [3.63, 3.8) is 0 Å². The van der Waals surface area contributed by atoms with Crippen molar-refractivity contribution in [2.24, 2.45) is 0 Å². The Labute approximate surface area is 198 Å². The number of hydrogen-bond donors (Lipinski definition) is 0. The van der Waals surface area contributed by atoms with Crippen molar-refractivity contribution < 1.29 is 23.4 Å². The molecule has 0 unspecified atom stereocenters. The van der Waals surface area contributed by atoms with Crippen LogP contribution in [0.15, 0.2) is 74.3 Å². The highest BCUT2D eigenvalue weighted by Gasteiger charge is 2.21. The van der Waals surface area contributed by atoms with E-state index in [1.807, 2.05) is 13.0 Å². The van der Waals surface area contributed by atoms with Crippen LogP contribution in [0.5, 0.6) is 17.2 Å². The normalized spacial score (nSPS) is 10.8. The number of methoxy groups -OCH3 is 2. The predicted octanol–water partition coefficient (Wildman–Crippen LogP) is 5.81. The molecule has 4 aromatic rings. The zero-order valence-electron chi connectivity index (χ0n) is 18.3. The molecule has 0 spiro atoms. The van der Waals surface area contributed by atoms with Crippen LogP contribution in [0.2, 0.25) is 0 Å². The fraction of sp³-hybridized carbons (Fsp3) is 0.154. The van der Waals surface area contributed by atoms with E-state index in [-0.39, 0.29) is 29.3 Å². The molecule has 6 nitrogen and oxygen atoms in total. The summed E-state index contributed by atoms with van der Waals surface area (Å²) >= 11 is 3.35. The number of carbonyl (C=O) groups is 1. The predicted molar refractivity (Wildman–Crippen MR) is 130 cm³/mol. The second-order valence-electron chi connectivity index (χ2n) is 7.38. The lowest BCUT2D eigenvalue weighted by Crippen LogP contribution is -2.17. The molecule has 7 heteroatoms. The van der Waals surface area contributed by atoms with Crippen molar-refractivity contribution in [3.05, 3.63) is 86.5 Å². The number of halogens is 1. The van der Waals surface area contributed by atoms with Gasteiger partial charge in [-0.15, -0.1) is 0 Å². The van der Waals surface area contributed by atoms with Gasteiger partial charge in [0, 0.05) is 15.6 Å². The van der Waals surface area contributed by atoms with Gasteiger partial charge < -0.3 is 18.6 Å². The molecule has 0 fully saturated rings. The summed E-state index contributed by atoms with van der Waals surface area (Å²) in [5.41, 5.74) is 2.05. The summed E-state index contributed by atoms with van der Waals surface area (Å²) in [5, 5.41) is 0.371. The van der Waals surface area contributed by atoms with E-state index < -0.39 is 0 Å². The number of rotatable bonds is 7. The molecule has 0 amide bonds. The molecule has 0 saturated heterocycles. The number of benzene rings is 3. The summed E-state index contributed by atoms with van der Waals surface area (Å²) in [6.07, 6.45) is 0. The van der Waals surface area contributed by atoms with Crippen LogP contribution in [-0.4, -0.2) is 26.6 Å². The first-order chi connectivity index (χ1) is 15.9. The Balaban J connectivity index is 1.81. The Hall–Kier alpha value is -3.58. The minimum atomic E-state index is -0.357. The van der Waals surface area contributed by atoms with Crippen molar-refractivity contribution in [2.45, 2.75) is 6.92 Å². The highest BCUT2D eigenvalue weighted by Crippen LogP contribution is 2.37. The van der Waals surface area contributed by atoms with Gasteiger partial charge in [0.25, 0.3) is 0 Å². The molecular formula is C26H21BrO6. The van der Waals surface area contributed by atoms with Crippen molar-refractivity contribution in [3.8, 4) is 28.6 Å². The third-order valence-electron chi connectivity index (χ3n) is 5.17. The topological polar surface area (TPSA) is 75.0 Å². The van der Waals surface area contributed by atoms with Crippen LogP contribution < -0.4 is 19.6 Å². The van der Waals surface area contributed by atoms with Crippen molar-refractivity contribution in [1.29, 1.82) is 0 Å². The van der Waals surface area contributed by atoms with Crippen LogP contribution in [0.3, 0.4) is 0 Å². The van der Waals surface area contributed by atoms with Crippen LogP contribution in [0.4, 0.5) is 0 Å². The fourth-order valence-electron chi connectivity index (χ4n) is 3.44. The first-order valence-electron chi connectivity index (χ1n) is 10.1. The van der Waals surface area contributed by atoms with E-state index in [1.54, 1.807) is 61.7 Å². The van der Waals surface area contributed by atoms with Gasteiger partial charge in [-0.2, -0.15) is 0 Å². The Morgan fingerprint density at radius 2 is 1.67 bits per heavy atom. The van der Waals surface area contributed by atoms with Gasteiger partial charge in [0.2, 0.25) is 11.2 Å². The summed E-state index contributed by atoms with van der Waals surface area (Å²) in [5.74, 6) is 0.919. The van der Waals surface area contributed by atoms with Gasteiger partial charge in [-0.3, -0.25) is 9.59 Å². The maximum atomic E-state index is 13.3. The summed E-state index contributed by atoms with van der Waals surface area (Å²) in [6, 6.07) is 17.4. The lowest BCUT2D eigenvalue weighted by molar-refractivity contribution is 0.0920. The number of Topliss-reactive ketones (excluding diaryl/α,β-unsaturated/α-hetero) is 1. The minimum absolute atomic E-state index is 0.0379. The van der Waals surface area contributed by atoms with Gasteiger partial charge in [-0.25, -0.2) is 0 Å². The van der Waals surface area contributed by atoms with Gasteiger partial charge >= 0.3 is 0 Å². The summed E-state index contributed by atoms with van der Waals surface area (Å²) in [6.45, 7) is 1.60. The number of aryl methyl sites for hydroxylation is 1. The third kappa shape index (κ3) is 4.64. The zero-order valence-corrected chi connectivity index (χ0v) is 19.9. The number of ketones is 1. The van der Waals surface area contributed by atoms with E-state index in [4.69, 9.17) is 18.6 Å². The highest BCUT2D eigenvalue weighted by molar-refractivity contribution is 9.10. The first kappa shape index (κ1) is 22.6. The fourth-order valence-corrected chi connectivity index (χ4v) is 3.70. The molecule has 1 heterocycles. The molecular weight excluding hydrogens is 488 g/mol. The molecule has 4 rings (SSSR count). The molecule has 0 bridgehead atoms. The number of ether oxygens (including phenoxy) is 3. The second kappa shape index (κ2) is 9.50. The molecule has 168 valence electrons. The number of hydrogen-bond acceptors (Lipinski definition) is 6. The van der Waals surface area contributed by atoms with E-state index in [2.05, 4.69) is 15.9 Å². The third-order valence-corrected chi connectivity index (χ3v) is 5.69. The average Bonchev–Trinajstić information content (AvgIpc) is 2.82. The van der Waals surface area contributed by atoms with Crippen molar-refractivity contribution in [1.82, 2.24) is 0 Å². The SMILES string of the molecule is COc1ccc(-c2oc3cc(C)ccc3c(=O)c2OCC(=O)c2ccc(Br)cc2)cc1OC. The number of carbonyl (C=O) groups excluding carboxylic acids is 1. The van der Waals surface area contributed by atoms with Crippen molar-refractivity contribution in [2.75, 3.05) is 20.8 Å². The quantitative estimate of drug-likeness (QED) is 0.293. The summed E-state index contributed by atoms with van der Waals surface area (Å²) in [7, 11) is 3.06. The highest BCUT2D eigenvalue weighted by atomic mass is 79.9. The Kier molecular flexibility index (Phi) is 6.51. The number of fused-ring (bicyclic) bond motifs is 1. The zero-order chi connectivity index (χ0) is 23.5. The van der Waals surface area contributed by atoms with Gasteiger partial charge in [0.15, 0.2) is 29.6 Å². The van der Waals surface area contributed by atoms with Crippen LogP contribution in [0.1, 0.15) is 15.9 Å². The van der Waals surface area contributed by atoms with Crippen LogP contribution in [0.25, 0.3) is 22.3 Å². The molecule has 0 radical (unpaired) electrons. The minimum Gasteiger partial charge on any atom is -0.493 e. The van der Waals surface area contributed by atoms with E-state index >= 15 is 0 Å². The Bertz CT molecular complexity index is 1390. The van der Waals surface area contributed by atoms with E-state index in [0.29, 0.717) is 33.6 Å². The maximum Gasteiger partial charge on any atom is 0.235 e. The second-order valence-corrected chi connectivity index (χ2v) is 8.29. The molecule has 0 atom stereocenters. The van der Waals surface area contributed by atoms with Crippen LogP contribution in [-0.2, 0) is 0 Å². The molecule has 0 saturated carbocycles. The Morgan fingerprint density at radius 3 is 2.36 bits per heavy atom. The average molecular weight is 509 g/mol. The van der Waals surface area contributed by atoms with E-state index in [0.717, 1.165) is 10.0 Å². The molecule has 33 heavy (non-hydrogen) atoms.